The fourth-order valence-electron chi connectivity index (χ4n) is 1.55. The summed E-state index contributed by atoms with van der Waals surface area (Å²) in [4.78, 5) is 3.88. The van der Waals surface area contributed by atoms with Crippen molar-refractivity contribution in [2.24, 2.45) is 0 Å². The van der Waals surface area contributed by atoms with Gasteiger partial charge in [-0.15, -0.1) is 0 Å². The van der Waals surface area contributed by atoms with Crippen LogP contribution in [0.3, 0.4) is 0 Å². The van der Waals surface area contributed by atoms with Crippen LogP contribution in [0, 0.1) is 19.7 Å². The van der Waals surface area contributed by atoms with Crippen LogP contribution in [0.25, 0.3) is 0 Å². The Morgan fingerprint density at radius 2 is 1.83 bits per heavy atom. The summed E-state index contributed by atoms with van der Waals surface area (Å²) >= 11 is 9.19. The first kappa shape index (κ1) is 13.3. The van der Waals surface area contributed by atoms with Crippen LogP contribution in [-0.4, -0.2) is 4.98 Å². The zero-order valence-electron chi connectivity index (χ0n) is 9.80. The summed E-state index contributed by atoms with van der Waals surface area (Å²) in [5.41, 5.74) is 1.76. The molecule has 0 radical (unpaired) electrons. The maximum atomic E-state index is 13.6. The first-order chi connectivity index (χ1) is 8.47. The molecule has 2 nitrogen and oxygen atoms in total. The van der Waals surface area contributed by atoms with Crippen LogP contribution in [0.1, 0.15) is 11.1 Å². The van der Waals surface area contributed by atoms with Gasteiger partial charge < -0.3 is 4.74 Å². The molecule has 1 aromatic carbocycles. The number of ether oxygens (including phenoxy) is 1. The van der Waals surface area contributed by atoms with Gasteiger partial charge in [-0.05, 0) is 59.1 Å². The van der Waals surface area contributed by atoms with Crippen molar-refractivity contribution in [3.8, 4) is 11.6 Å². The van der Waals surface area contributed by atoms with Crippen molar-refractivity contribution in [2.75, 3.05) is 0 Å². The fourth-order valence-corrected chi connectivity index (χ4v) is 1.97. The molecular weight excluding hydrogens is 321 g/mol. The Labute approximate surface area is 118 Å². The lowest BCUT2D eigenvalue weighted by molar-refractivity contribution is 0.422. The number of pyridine rings is 1. The molecule has 1 heterocycles. The lowest BCUT2D eigenvalue weighted by Crippen LogP contribution is -1.93. The topological polar surface area (TPSA) is 22.1 Å². The molecule has 18 heavy (non-hydrogen) atoms. The molecule has 2 aromatic rings. The summed E-state index contributed by atoms with van der Waals surface area (Å²) in [6.07, 6.45) is 1.48. The highest BCUT2D eigenvalue weighted by Crippen LogP contribution is 2.29. The van der Waals surface area contributed by atoms with E-state index in [4.69, 9.17) is 16.3 Å². The SMILES string of the molecule is Cc1cc(Oc2ncc(Br)cc2F)cc(C)c1Cl. The van der Waals surface area contributed by atoms with E-state index < -0.39 is 5.82 Å². The minimum absolute atomic E-state index is 0.0562. The molecule has 0 fully saturated rings. The number of aryl methyl sites for hydroxylation is 2. The van der Waals surface area contributed by atoms with Crippen molar-refractivity contribution in [1.82, 2.24) is 4.98 Å². The lowest BCUT2D eigenvalue weighted by atomic mass is 10.1. The molecule has 94 valence electrons. The molecule has 2 rings (SSSR count). The molecule has 0 aliphatic carbocycles. The van der Waals surface area contributed by atoms with E-state index in [0.29, 0.717) is 15.2 Å². The Morgan fingerprint density at radius 1 is 1.22 bits per heavy atom. The largest absolute Gasteiger partial charge is 0.436 e. The molecule has 0 atom stereocenters. The Balaban J connectivity index is 2.34. The van der Waals surface area contributed by atoms with Crippen LogP contribution < -0.4 is 4.74 Å². The molecule has 0 N–H and O–H groups in total. The summed E-state index contributed by atoms with van der Waals surface area (Å²) in [5, 5.41) is 0.687. The number of benzene rings is 1. The summed E-state index contributed by atoms with van der Waals surface area (Å²) < 4.78 is 19.6. The highest BCUT2D eigenvalue weighted by Gasteiger charge is 2.09. The number of halogens is 3. The molecule has 0 amide bonds. The van der Waals surface area contributed by atoms with Crippen LogP contribution in [0.2, 0.25) is 5.02 Å². The normalized spacial score (nSPS) is 10.5. The van der Waals surface area contributed by atoms with Crippen molar-refractivity contribution in [3.05, 3.63) is 50.8 Å². The number of hydrogen-bond acceptors (Lipinski definition) is 2. The highest BCUT2D eigenvalue weighted by atomic mass is 79.9. The molecule has 1 aromatic heterocycles. The Kier molecular flexibility index (Phi) is 3.88. The molecule has 0 aliphatic rings. The summed E-state index contributed by atoms with van der Waals surface area (Å²) in [5.74, 6) is -0.0583. The van der Waals surface area contributed by atoms with Crippen molar-refractivity contribution in [2.45, 2.75) is 13.8 Å². The molecule has 5 heteroatoms. The van der Waals surface area contributed by atoms with Crippen molar-refractivity contribution >= 4 is 27.5 Å². The van der Waals surface area contributed by atoms with Gasteiger partial charge in [0.05, 0.1) is 0 Å². The third-order valence-electron chi connectivity index (χ3n) is 2.40. The second kappa shape index (κ2) is 5.24. The third kappa shape index (κ3) is 2.82. The lowest BCUT2D eigenvalue weighted by Gasteiger charge is -2.09. The monoisotopic (exact) mass is 329 g/mol. The predicted molar refractivity (Wildman–Crippen MR) is 72.9 cm³/mol. The predicted octanol–water partition coefficient (Wildman–Crippen LogP) is 5.05. The molecule has 0 saturated carbocycles. The number of hydrogen-bond donors (Lipinski definition) is 0. The Bertz CT molecular complexity index is 581. The minimum Gasteiger partial charge on any atom is -0.436 e. The highest BCUT2D eigenvalue weighted by molar-refractivity contribution is 9.10. The maximum absolute atomic E-state index is 13.6. The van der Waals surface area contributed by atoms with E-state index in [0.717, 1.165) is 11.1 Å². The van der Waals surface area contributed by atoms with Crippen molar-refractivity contribution in [3.63, 3.8) is 0 Å². The average Bonchev–Trinajstić information content (AvgIpc) is 2.29. The molecule has 0 aliphatic heterocycles. The molecule has 0 saturated heterocycles. The second-order valence-electron chi connectivity index (χ2n) is 3.91. The van der Waals surface area contributed by atoms with Crippen LogP contribution >= 0.6 is 27.5 Å². The summed E-state index contributed by atoms with van der Waals surface area (Å²) in [7, 11) is 0. The summed E-state index contributed by atoms with van der Waals surface area (Å²) in [6.45, 7) is 3.74. The standard InChI is InChI=1S/C13H10BrClFNO/c1-7-3-10(4-8(2)12(7)15)18-13-11(16)5-9(14)6-17-13/h3-6H,1-2H3. The van der Waals surface area contributed by atoms with Gasteiger partial charge in [-0.3, -0.25) is 0 Å². The van der Waals surface area contributed by atoms with E-state index in [1.807, 2.05) is 13.8 Å². The number of nitrogens with zero attached hydrogens (tertiary/aromatic N) is 1. The third-order valence-corrected chi connectivity index (χ3v) is 3.43. The smallest absolute Gasteiger partial charge is 0.255 e. The molecular formula is C13H10BrClFNO. The van der Waals surface area contributed by atoms with Crippen molar-refractivity contribution < 1.29 is 9.13 Å². The zero-order chi connectivity index (χ0) is 13.3. The fraction of sp³-hybridized carbons (Fsp3) is 0.154. The van der Waals surface area contributed by atoms with E-state index in [1.54, 1.807) is 12.1 Å². The maximum Gasteiger partial charge on any atom is 0.255 e. The summed E-state index contributed by atoms with van der Waals surface area (Å²) in [6, 6.07) is 4.80. The van der Waals surface area contributed by atoms with Crippen LogP contribution in [-0.2, 0) is 0 Å². The van der Waals surface area contributed by atoms with Gasteiger partial charge in [-0.1, -0.05) is 11.6 Å². The first-order valence-electron chi connectivity index (χ1n) is 5.23. The average molecular weight is 331 g/mol. The van der Waals surface area contributed by atoms with E-state index in [-0.39, 0.29) is 5.88 Å². The molecule has 0 unspecified atom stereocenters. The molecule has 0 spiro atoms. The van der Waals surface area contributed by atoms with Gasteiger partial charge in [0.2, 0.25) is 0 Å². The molecule has 0 bridgehead atoms. The van der Waals surface area contributed by atoms with E-state index in [1.165, 1.54) is 12.3 Å². The van der Waals surface area contributed by atoms with Gasteiger partial charge in [0.1, 0.15) is 5.75 Å². The Morgan fingerprint density at radius 3 is 2.39 bits per heavy atom. The Hall–Kier alpha value is -1.13. The van der Waals surface area contributed by atoms with Gasteiger partial charge >= 0.3 is 0 Å². The van der Waals surface area contributed by atoms with E-state index >= 15 is 0 Å². The van der Waals surface area contributed by atoms with Crippen LogP contribution in [0.4, 0.5) is 4.39 Å². The van der Waals surface area contributed by atoms with E-state index in [9.17, 15) is 4.39 Å². The van der Waals surface area contributed by atoms with E-state index in [2.05, 4.69) is 20.9 Å². The van der Waals surface area contributed by atoms with Gasteiger partial charge in [-0.25, -0.2) is 9.37 Å². The van der Waals surface area contributed by atoms with Gasteiger partial charge in [0.25, 0.3) is 5.88 Å². The second-order valence-corrected chi connectivity index (χ2v) is 5.21. The minimum atomic E-state index is -0.519. The van der Waals surface area contributed by atoms with Crippen molar-refractivity contribution in [1.29, 1.82) is 0 Å². The number of rotatable bonds is 2. The first-order valence-corrected chi connectivity index (χ1v) is 6.40. The van der Waals surface area contributed by atoms with Gasteiger partial charge in [0.15, 0.2) is 5.82 Å². The quantitative estimate of drug-likeness (QED) is 0.769. The van der Waals surface area contributed by atoms with Gasteiger partial charge in [-0.2, -0.15) is 0 Å². The number of aromatic nitrogens is 1. The van der Waals surface area contributed by atoms with Crippen LogP contribution in [0.5, 0.6) is 11.6 Å². The van der Waals surface area contributed by atoms with Gasteiger partial charge in [0, 0.05) is 15.7 Å². The zero-order valence-corrected chi connectivity index (χ0v) is 12.1. The van der Waals surface area contributed by atoms with Crippen LogP contribution in [0.15, 0.2) is 28.9 Å².